The van der Waals surface area contributed by atoms with Gasteiger partial charge in [0.2, 0.25) is 0 Å². The van der Waals surface area contributed by atoms with Gasteiger partial charge >= 0.3 is 0 Å². The van der Waals surface area contributed by atoms with E-state index in [1.807, 2.05) is 36.6 Å². The normalized spacial score (nSPS) is 16.8. The zero-order chi connectivity index (χ0) is 27.5. The zero-order valence-electron chi connectivity index (χ0n) is 21.7. The lowest BCUT2D eigenvalue weighted by Crippen LogP contribution is -2.49. The molecule has 9 nitrogen and oxygen atoms in total. The maximum atomic E-state index is 13.4. The molecule has 1 aliphatic rings. The first-order valence-corrected chi connectivity index (χ1v) is 13.1. The fourth-order valence-corrected chi connectivity index (χ4v) is 5.67. The van der Waals surface area contributed by atoms with Crippen LogP contribution in [0.2, 0.25) is 5.02 Å². The SMILES string of the molecule is CNC(=O)c1ccc2c(c1)ncn2-c1ccc(C(=O)N[C@]2(C)CCc3nn4c(C)ccc(O)c4c3C2)c(Cl)c1. The third-order valence-electron chi connectivity index (χ3n) is 7.53. The van der Waals surface area contributed by atoms with Crippen LogP contribution in [0.15, 0.2) is 54.9 Å². The van der Waals surface area contributed by atoms with Gasteiger partial charge in [-0.1, -0.05) is 11.6 Å². The van der Waals surface area contributed by atoms with Crippen molar-refractivity contribution >= 4 is 40.0 Å². The molecule has 0 spiro atoms. The minimum atomic E-state index is -0.533. The number of fused-ring (bicyclic) bond motifs is 4. The van der Waals surface area contributed by atoms with Crippen molar-refractivity contribution in [1.82, 2.24) is 29.8 Å². The Morgan fingerprint density at radius 3 is 2.69 bits per heavy atom. The van der Waals surface area contributed by atoms with Crippen LogP contribution >= 0.6 is 11.6 Å². The number of aryl methyl sites for hydroxylation is 2. The van der Waals surface area contributed by atoms with E-state index >= 15 is 0 Å². The van der Waals surface area contributed by atoms with Gasteiger partial charge in [0.15, 0.2) is 0 Å². The Hall–Kier alpha value is -4.37. The molecular weight excluding hydrogens is 516 g/mol. The highest BCUT2D eigenvalue weighted by molar-refractivity contribution is 6.34. The van der Waals surface area contributed by atoms with Crippen LogP contribution in [-0.2, 0) is 12.8 Å². The molecule has 1 atom stereocenters. The van der Waals surface area contributed by atoms with Gasteiger partial charge in [-0.15, -0.1) is 0 Å². The van der Waals surface area contributed by atoms with Crippen LogP contribution in [0.1, 0.15) is 51.0 Å². The molecule has 2 aromatic carbocycles. The zero-order valence-corrected chi connectivity index (χ0v) is 22.5. The summed E-state index contributed by atoms with van der Waals surface area (Å²) in [6, 6.07) is 14.1. The van der Waals surface area contributed by atoms with Crippen LogP contribution < -0.4 is 10.6 Å². The summed E-state index contributed by atoms with van der Waals surface area (Å²) in [7, 11) is 1.59. The highest BCUT2D eigenvalue weighted by Crippen LogP contribution is 2.35. The predicted octanol–water partition coefficient (Wildman–Crippen LogP) is 4.38. The van der Waals surface area contributed by atoms with Crippen LogP contribution in [0.3, 0.4) is 0 Å². The van der Waals surface area contributed by atoms with Gasteiger partial charge in [0.05, 0.1) is 27.3 Å². The maximum absolute atomic E-state index is 13.4. The summed E-state index contributed by atoms with van der Waals surface area (Å²) in [4.78, 5) is 29.8. The topological polar surface area (TPSA) is 114 Å². The number of benzene rings is 2. The second-order valence-electron chi connectivity index (χ2n) is 10.3. The largest absolute Gasteiger partial charge is 0.506 e. The van der Waals surface area contributed by atoms with Crippen LogP contribution in [0.4, 0.5) is 0 Å². The summed E-state index contributed by atoms with van der Waals surface area (Å²) >= 11 is 6.63. The van der Waals surface area contributed by atoms with Crippen molar-refractivity contribution in [2.75, 3.05) is 7.05 Å². The lowest BCUT2D eigenvalue weighted by Gasteiger charge is -2.34. The van der Waals surface area contributed by atoms with Crippen molar-refractivity contribution in [2.24, 2.45) is 0 Å². The van der Waals surface area contributed by atoms with Crippen LogP contribution in [0.5, 0.6) is 5.75 Å². The number of carbonyl (C=O) groups is 2. The Labute approximate surface area is 229 Å². The summed E-state index contributed by atoms with van der Waals surface area (Å²) < 4.78 is 3.64. The summed E-state index contributed by atoms with van der Waals surface area (Å²) in [6.07, 6.45) is 3.61. The number of hydrogen-bond donors (Lipinski definition) is 3. The van der Waals surface area contributed by atoms with Crippen LogP contribution in [0.25, 0.3) is 22.2 Å². The monoisotopic (exact) mass is 542 g/mol. The number of nitrogens with one attached hydrogen (secondary N) is 2. The predicted molar refractivity (Wildman–Crippen MR) is 149 cm³/mol. The standard InChI is InChI=1S/C29H27ClN6O3/c1-16-4-9-25(37)26-20-14-29(2,11-10-22(20)34-36(16)26)33-28(39)19-7-6-18(13-21(19)30)35-15-32-23-12-17(27(38)31-3)5-8-24(23)35/h4-9,12-13,15,37H,10-11,14H2,1-3H3,(H,31,38)(H,33,39)/t29-/m1/s1. The molecule has 0 saturated carbocycles. The van der Waals surface area contributed by atoms with Crippen molar-refractivity contribution < 1.29 is 14.7 Å². The lowest BCUT2D eigenvalue weighted by atomic mass is 9.81. The van der Waals surface area contributed by atoms with Crippen LogP contribution in [-0.4, -0.2) is 48.7 Å². The number of aromatic nitrogens is 4. The van der Waals surface area contributed by atoms with Gasteiger partial charge in [0.25, 0.3) is 11.8 Å². The van der Waals surface area contributed by atoms with Gasteiger partial charge < -0.3 is 15.7 Å². The molecule has 10 heteroatoms. The van der Waals surface area contributed by atoms with E-state index in [0.717, 1.165) is 28.2 Å². The molecule has 0 saturated heterocycles. The van der Waals surface area contributed by atoms with Gasteiger partial charge in [-0.05, 0) is 81.6 Å². The Bertz CT molecular complexity index is 1810. The highest BCUT2D eigenvalue weighted by atomic mass is 35.5. The molecule has 3 aromatic heterocycles. The molecule has 0 unspecified atom stereocenters. The molecule has 0 aliphatic heterocycles. The van der Waals surface area contributed by atoms with Crippen molar-refractivity contribution in [3.05, 3.63) is 88.0 Å². The number of imidazole rings is 1. The Kier molecular flexibility index (Phi) is 5.84. The molecule has 0 bridgehead atoms. The number of hydrogen-bond acceptors (Lipinski definition) is 5. The summed E-state index contributed by atoms with van der Waals surface area (Å²) in [5.41, 5.74) is 6.14. The van der Waals surface area contributed by atoms with E-state index in [2.05, 4.69) is 15.6 Å². The second-order valence-corrected chi connectivity index (χ2v) is 10.7. The maximum Gasteiger partial charge on any atom is 0.253 e. The van der Waals surface area contributed by atoms with E-state index in [9.17, 15) is 14.7 Å². The first kappa shape index (κ1) is 24.9. The number of nitrogens with zero attached hydrogens (tertiary/aromatic N) is 4. The molecule has 2 amide bonds. The molecule has 1 aliphatic carbocycles. The summed E-state index contributed by atoms with van der Waals surface area (Å²) in [5, 5.41) is 21.4. The first-order chi connectivity index (χ1) is 18.7. The van der Waals surface area contributed by atoms with Crippen molar-refractivity contribution in [2.45, 2.75) is 38.6 Å². The fraction of sp³-hybridized carbons (Fsp3) is 0.241. The molecule has 6 rings (SSSR count). The van der Waals surface area contributed by atoms with Gasteiger partial charge in [-0.25, -0.2) is 9.50 Å². The fourth-order valence-electron chi connectivity index (χ4n) is 5.41. The average Bonchev–Trinajstić information content (AvgIpc) is 3.51. The lowest BCUT2D eigenvalue weighted by molar-refractivity contribution is 0.0897. The van der Waals surface area contributed by atoms with E-state index in [0.29, 0.717) is 46.4 Å². The Balaban J connectivity index is 1.25. The van der Waals surface area contributed by atoms with E-state index in [-0.39, 0.29) is 17.6 Å². The van der Waals surface area contributed by atoms with Crippen molar-refractivity contribution in [1.29, 1.82) is 0 Å². The van der Waals surface area contributed by atoms with Gasteiger partial charge in [0, 0.05) is 35.1 Å². The van der Waals surface area contributed by atoms with E-state index in [1.54, 1.807) is 48.2 Å². The quantitative estimate of drug-likeness (QED) is 0.312. The molecule has 5 aromatic rings. The number of aromatic hydroxyl groups is 1. The van der Waals surface area contributed by atoms with Crippen molar-refractivity contribution in [3.63, 3.8) is 0 Å². The average molecular weight is 543 g/mol. The molecule has 0 radical (unpaired) electrons. The summed E-state index contributed by atoms with van der Waals surface area (Å²) in [6.45, 7) is 3.96. The van der Waals surface area contributed by atoms with Crippen LogP contribution in [0, 0.1) is 6.92 Å². The number of rotatable bonds is 4. The molecule has 198 valence electrons. The Morgan fingerprint density at radius 1 is 1.10 bits per heavy atom. The van der Waals surface area contributed by atoms with E-state index in [1.165, 1.54) is 0 Å². The van der Waals surface area contributed by atoms with Gasteiger partial charge in [-0.2, -0.15) is 5.10 Å². The molecular formula is C29H27ClN6O3. The minimum Gasteiger partial charge on any atom is -0.506 e. The van der Waals surface area contributed by atoms with E-state index < -0.39 is 5.54 Å². The number of amides is 2. The van der Waals surface area contributed by atoms with Gasteiger partial charge in [0.1, 0.15) is 17.6 Å². The molecule has 39 heavy (non-hydrogen) atoms. The third kappa shape index (κ3) is 4.19. The Morgan fingerprint density at radius 2 is 1.92 bits per heavy atom. The van der Waals surface area contributed by atoms with Crippen molar-refractivity contribution in [3.8, 4) is 11.4 Å². The number of carbonyl (C=O) groups excluding carboxylic acids is 2. The number of pyridine rings is 1. The summed E-state index contributed by atoms with van der Waals surface area (Å²) in [5.74, 6) is -0.262. The molecule has 0 fully saturated rings. The molecule has 3 N–H and O–H groups in total. The highest BCUT2D eigenvalue weighted by Gasteiger charge is 2.35. The molecule has 3 heterocycles. The van der Waals surface area contributed by atoms with E-state index in [4.69, 9.17) is 16.7 Å². The number of halogens is 1. The second kappa shape index (κ2) is 9.13. The first-order valence-electron chi connectivity index (χ1n) is 12.7. The third-order valence-corrected chi connectivity index (χ3v) is 7.85. The van der Waals surface area contributed by atoms with Gasteiger partial charge in [-0.3, -0.25) is 14.2 Å². The minimum absolute atomic E-state index is 0.179. The smallest absolute Gasteiger partial charge is 0.253 e.